The van der Waals surface area contributed by atoms with Crippen LogP contribution in [-0.4, -0.2) is 5.66 Å². The zero-order valence-electron chi connectivity index (χ0n) is 21.0. The Morgan fingerprint density at radius 2 is 1.53 bits per heavy atom. The lowest BCUT2D eigenvalue weighted by Crippen LogP contribution is -2.55. The molecule has 1 fully saturated rings. The first-order valence-corrected chi connectivity index (χ1v) is 13.3. The molecule has 0 aromatic heterocycles. The first-order valence-electron chi connectivity index (χ1n) is 13.3. The van der Waals surface area contributed by atoms with Gasteiger partial charge in [-0.2, -0.15) is 10.5 Å². The van der Waals surface area contributed by atoms with Crippen LogP contribution in [0.25, 0.3) is 22.0 Å². The molecular weight excluding hydrogens is 464 g/mol. The number of benzene rings is 4. The van der Waals surface area contributed by atoms with Crippen LogP contribution in [0.5, 0.6) is 0 Å². The highest BCUT2D eigenvalue weighted by molar-refractivity contribution is 5.95. The monoisotopic (exact) mass is 490 g/mol. The van der Waals surface area contributed by atoms with E-state index >= 15 is 0 Å². The largest absolute Gasteiger partial charge is 0.314 e. The molecule has 0 bridgehead atoms. The third-order valence-corrected chi connectivity index (χ3v) is 8.59. The first-order chi connectivity index (χ1) is 18.7. The fourth-order valence-electron chi connectivity index (χ4n) is 7.02. The molecule has 0 saturated heterocycles. The molecule has 182 valence electrons. The van der Waals surface area contributed by atoms with E-state index in [0.29, 0.717) is 11.1 Å². The van der Waals surface area contributed by atoms with Crippen molar-refractivity contribution < 1.29 is 0 Å². The molecule has 0 N–H and O–H groups in total. The van der Waals surface area contributed by atoms with E-state index in [4.69, 9.17) is 4.99 Å². The van der Waals surface area contributed by atoms with Crippen LogP contribution in [0.15, 0.2) is 102 Å². The predicted molar refractivity (Wildman–Crippen MR) is 150 cm³/mol. The molecule has 0 amide bonds. The summed E-state index contributed by atoms with van der Waals surface area (Å²) in [5.74, 6) is 0.559. The van der Waals surface area contributed by atoms with Crippen molar-refractivity contribution in [3.8, 4) is 12.1 Å². The van der Waals surface area contributed by atoms with Crippen LogP contribution in [0.1, 0.15) is 42.7 Å². The number of fused-ring (bicyclic) bond motifs is 4. The molecule has 4 nitrogen and oxygen atoms in total. The molecule has 3 atom stereocenters. The fourth-order valence-corrected chi connectivity index (χ4v) is 7.02. The lowest BCUT2D eigenvalue weighted by atomic mass is 9.66. The Labute approximate surface area is 222 Å². The molecule has 7 rings (SSSR count). The van der Waals surface area contributed by atoms with Crippen molar-refractivity contribution >= 4 is 27.7 Å². The summed E-state index contributed by atoms with van der Waals surface area (Å²) >= 11 is 0. The normalized spacial score (nSPS) is 23.2. The zero-order valence-corrected chi connectivity index (χ0v) is 21.0. The molecule has 4 heteroatoms. The third kappa shape index (κ3) is 3.17. The van der Waals surface area contributed by atoms with Crippen molar-refractivity contribution in [1.29, 1.82) is 10.5 Å². The van der Waals surface area contributed by atoms with E-state index in [1.807, 2.05) is 24.3 Å². The van der Waals surface area contributed by atoms with Crippen molar-refractivity contribution in [2.45, 2.75) is 37.3 Å². The molecule has 1 aliphatic carbocycles. The lowest BCUT2D eigenvalue weighted by molar-refractivity contribution is 0.176. The molecule has 1 saturated carbocycles. The number of anilines is 1. The average molecular weight is 491 g/mol. The second-order valence-corrected chi connectivity index (χ2v) is 10.5. The summed E-state index contributed by atoms with van der Waals surface area (Å²) in [5.41, 5.74) is 4.34. The maximum atomic E-state index is 9.84. The highest BCUT2D eigenvalue weighted by atomic mass is 15.4. The zero-order chi connectivity index (χ0) is 25.7. The minimum atomic E-state index is -0.415. The molecule has 3 aliphatic rings. The second kappa shape index (κ2) is 8.72. The third-order valence-electron chi connectivity index (χ3n) is 8.59. The van der Waals surface area contributed by atoms with Gasteiger partial charge in [0.1, 0.15) is 23.4 Å². The van der Waals surface area contributed by atoms with Crippen LogP contribution in [0.4, 0.5) is 5.69 Å². The maximum absolute atomic E-state index is 9.84. The molecule has 2 aliphatic heterocycles. The topological polar surface area (TPSA) is 63.2 Å². The summed E-state index contributed by atoms with van der Waals surface area (Å²) in [6.45, 7) is 0. The van der Waals surface area contributed by atoms with Crippen molar-refractivity contribution in [2.24, 2.45) is 10.9 Å². The molecule has 4 aromatic rings. The quantitative estimate of drug-likeness (QED) is 0.336. The first kappa shape index (κ1) is 22.5. The van der Waals surface area contributed by atoms with Gasteiger partial charge in [0.2, 0.25) is 0 Å². The van der Waals surface area contributed by atoms with Gasteiger partial charge in [-0.05, 0) is 41.8 Å². The van der Waals surface area contributed by atoms with Crippen LogP contribution in [0, 0.1) is 28.6 Å². The van der Waals surface area contributed by atoms with Crippen molar-refractivity contribution in [2.75, 3.05) is 4.90 Å². The van der Waals surface area contributed by atoms with Crippen molar-refractivity contribution in [3.63, 3.8) is 0 Å². The molecule has 2 heterocycles. The van der Waals surface area contributed by atoms with Crippen LogP contribution in [-0.2, 0) is 0 Å². The van der Waals surface area contributed by atoms with Gasteiger partial charge in [-0.25, -0.2) is 0 Å². The number of nitrogens with zero attached hydrogens (tertiary/aromatic N) is 4. The Bertz CT molecular complexity index is 1790. The van der Waals surface area contributed by atoms with E-state index < -0.39 is 5.66 Å². The number of allylic oxidation sites excluding steroid dienone is 1. The van der Waals surface area contributed by atoms with Gasteiger partial charge >= 0.3 is 0 Å². The standard InChI is InChI=1S/C34H26N4/c35-21-25(22-36)28-19-32-33(27-16-8-7-15-26(27)28)37-34-18-10-9-17-30(34)29(23-11-3-1-4-12-23)20-31(38(32)34)24-13-5-2-6-14-24/h1-8,11-16,19-20,29-30H,9-10,17-18H2/t29-,30+,34-/m1/s1. The average Bonchev–Trinajstić information content (AvgIpc) is 3.32. The van der Waals surface area contributed by atoms with E-state index in [-0.39, 0.29) is 11.5 Å². The van der Waals surface area contributed by atoms with Crippen LogP contribution in [0.2, 0.25) is 0 Å². The van der Waals surface area contributed by atoms with Gasteiger partial charge in [-0.1, -0.05) is 97.4 Å². The second-order valence-electron chi connectivity index (χ2n) is 10.5. The Morgan fingerprint density at radius 1 is 0.842 bits per heavy atom. The van der Waals surface area contributed by atoms with Crippen molar-refractivity contribution in [1.82, 2.24) is 0 Å². The minimum Gasteiger partial charge on any atom is -0.314 e. The Kier molecular flexibility index (Phi) is 5.17. The number of nitriles is 2. The molecule has 0 radical (unpaired) electrons. The van der Waals surface area contributed by atoms with Crippen LogP contribution < -0.4 is 15.5 Å². The van der Waals surface area contributed by atoms with Gasteiger partial charge in [0.05, 0.1) is 11.0 Å². The summed E-state index contributed by atoms with van der Waals surface area (Å²) in [5, 5.41) is 23.2. The number of hydrogen-bond acceptors (Lipinski definition) is 4. The Morgan fingerprint density at radius 3 is 2.26 bits per heavy atom. The van der Waals surface area contributed by atoms with Gasteiger partial charge in [0.15, 0.2) is 0 Å². The van der Waals surface area contributed by atoms with E-state index in [0.717, 1.165) is 52.3 Å². The van der Waals surface area contributed by atoms with Crippen LogP contribution in [0.3, 0.4) is 0 Å². The molecular formula is C34H26N4. The summed E-state index contributed by atoms with van der Waals surface area (Å²) in [7, 11) is 0. The summed E-state index contributed by atoms with van der Waals surface area (Å²) in [6.07, 6.45) is 6.82. The molecule has 4 aromatic carbocycles. The smallest absolute Gasteiger partial charge is 0.140 e. The lowest BCUT2D eigenvalue weighted by Gasteiger charge is -2.53. The van der Waals surface area contributed by atoms with Gasteiger partial charge in [-0.3, -0.25) is 4.99 Å². The SMILES string of the molecule is N#CC(C#N)=c1cc2c(c3ccccc13)=N[C@@]13CCCC[C@H]1[C@@H](c1ccccc1)C=C(c1ccccc1)N23. The van der Waals surface area contributed by atoms with Crippen molar-refractivity contribution in [3.05, 3.63) is 119 Å². The van der Waals surface area contributed by atoms with E-state index in [9.17, 15) is 10.5 Å². The Balaban J connectivity index is 1.60. The van der Waals surface area contributed by atoms with Gasteiger partial charge in [0, 0.05) is 28.1 Å². The maximum Gasteiger partial charge on any atom is 0.140 e. The summed E-state index contributed by atoms with van der Waals surface area (Å²) < 4.78 is 0. The van der Waals surface area contributed by atoms with Crippen LogP contribution >= 0.6 is 0 Å². The summed E-state index contributed by atoms with van der Waals surface area (Å²) in [4.78, 5) is 8.13. The fraction of sp³-hybridized carbons (Fsp3) is 0.206. The highest BCUT2D eigenvalue weighted by Crippen LogP contribution is 2.56. The van der Waals surface area contributed by atoms with E-state index in [2.05, 4.69) is 89.8 Å². The van der Waals surface area contributed by atoms with E-state index in [1.165, 1.54) is 12.0 Å². The number of rotatable bonds is 2. The van der Waals surface area contributed by atoms with Gasteiger partial charge in [-0.15, -0.1) is 0 Å². The predicted octanol–water partition coefficient (Wildman–Crippen LogP) is 6.20. The minimum absolute atomic E-state index is 0.134. The Hall–Kier alpha value is -4.67. The van der Waals surface area contributed by atoms with E-state index in [1.54, 1.807) is 0 Å². The number of hydrogen-bond donors (Lipinski definition) is 0. The molecule has 0 unspecified atom stereocenters. The van der Waals surface area contributed by atoms with Gasteiger partial charge < -0.3 is 4.90 Å². The summed E-state index contributed by atoms with van der Waals surface area (Å²) in [6, 6.07) is 35.8. The van der Waals surface area contributed by atoms with Gasteiger partial charge in [0.25, 0.3) is 0 Å². The molecule has 38 heavy (non-hydrogen) atoms. The molecule has 1 spiro atoms. The highest BCUT2D eigenvalue weighted by Gasteiger charge is 2.55.